The number of carbonyl (C=O) groups excluding carboxylic acids is 1. The first-order chi connectivity index (χ1) is 9.69. The number of nitrogens with two attached hydrogens (primary N) is 1. The minimum Gasteiger partial charge on any atom is -0.336 e. The van der Waals surface area contributed by atoms with Crippen molar-refractivity contribution in [3.05, 3.63) is 35.9 Å². The third-order valence-corrected chi connectivity index (χ3v) is 3.73. The van der Waals surface area contributed by atoms with Gasteiger partial charge in [-0.3, -0.25) is 4.79 Å². The Morgan fingerprint density at radius 2 is 1.90 bits per heavy atom. The second-order valence-corrected chi connectivity index (χ2v) is 5.36. The number of unbranched alkanes of at least 4 members (excludes halogenated alkanes) is 2. The summed E-state index contributed by atoms with van der Waals surface area (Å²) in [6.07, 6.45) is 4.62. The fraction of sp³-hybridized carbons (Fsp3) is 0.588. The Balaban J connectivity index is 2.57. The van der Waals surface area contributed by atoms with Gasteiger partial charge in [0.1, 0.15) is 0 Å². The van der Waals surface area contributed by atoms with Crippen molar-refractivity contribution in [2.45, 2.75) is 58.5 Å². The van der Waals surface area contributed by atoms with Gasteiger partial charge in [-0.2, -0.15) is 0 Å². The molecule has 1 aromatic rings. The molecule has 0 aliphatic rings. The first-order valence-electron chi connectivity index (χ1n) is 7.72. The smallest absolute Gasteiger partial charge is 0.223 e. The number of hydrogen-bond acceptors (Lipinski definition) is 2. The normalized spacial score (nSPS) is 12.2. The summed E-state index contributed by atoms with van der Waals surface area (Å²) in [5.74, 6) is 0.264. The highest BCUT2D eigenvalue weighted by molar-refractivity contribution is 5.76. The molecule has 20 heavy (non-hydrogen) atoms. The number of carbonyl (C=O) groups is 1. The van der Waals surface area contributed by atoms with Crippen LogP contribution in [0.5, 0.6) is 0 Å². The molecule has 0 saturated heterocycles. The first-order valence-corrected chi connectivity index (χ1v) is 7.72. The molecule has 1 rings (SSSR count). The van der Waals surface area contributed by atoms with E-state index in [0.29, 0.717) is 19.5 Å². The van der Waals surface area contributed by atoms with E-state index in [4.69, 9.17) is 5.73 Å². The molecule has 3 heteroatoms. The van der Waals surface area contributed by atoms with Crippen molar-refractivity contribution >= 4 is 5.91 Å². The molecule has 0 spiro atoms. The number of benzene rings is 1. The molecule has 0 saturated carbocycles. The van der Waals surface area contributed by atoms with Crippen molar-refractivity contribution in [2.75, 3.05) is 6.54 Å². The average Bonchev–Trinajstić information content (AvgIpc) is 2.49. The summed E-state index contributed by atoms with van der Waals surface area (Å²) in [7, 11) is 0. The number of hydrogen-bond donors (Lipinski definition) is 1. The molecule has 1 amide bonds. The van der Waals surface area contributed by atoms with Crippen LogP contribution >= 0.6 is 0 Å². The lowest BCUT2D eigenvalue weighted by Gasteiger charge is -2.29. The second kappa shape index (κ2) is 9.54. The average molecular weight is 276 g/mol. The van der Waals surface area contributed by atoms with E-state index in [2.05, 4.69) is 26.0 Å². The van der Waals surface area contributed by atoms with Crippen LogP contribution in [0, 0.1) is 0 Å². The Bertz CT molecular complexity index is 378. The van der Waals surface area contributed by atoms with Crippen molar-refractivity contribution < 1.29 is 4.79 Å². The number of amides is 1. The van der Waals surface area contributed by atoms with Crippen molar-refractivity contribution in [2.24, 2.45) is 5.73 Å². The third-order valence-electron chi connectivity index (χ3n) is 3.73. The van der Waals surface area contributed by atoms with Crippen LogP contribution in [0.2, 0.25) is 0 Å². The monoisotopic (exact) mass is 276 g/mol. The molecule has 0 fully saturated rings. The van der Waals surface area contributed by atoms with Gasteiger partial charge in [-0.15, -0.1) is 0 Å². The predicted molar refractivity (Wildman–Crippen MR) is 84.3 cm³/mol. The third kappa shape index (κ3) is 5.74. The minimum absolute atomic E-state index is 0.264. The lowest BCUT2D eigenvalue weighted by Crippen LogP contribution is -2.37. The molecule has 0 aliphatic heterocycles. The highest BCUT2D eigenvalue weighted by Gasteiger charge is 2.18. The second-order valence-electron chi connectivity index (χ2n) is 5.36. The Hall–Kier alpha value is -1.35. The molecule has 0 aliphatic carbocycles. The molecule has 112 valence electrons. The number of rotatable bonds is 9. The van der Waals surface area contributed by atoms with Gasteiger partial charge in [-0.25, -0.2) is 0 Å². The lowest BCUT2D eigenvalue weighted by molar-refractivity contribution is -0.134. The molecule has 2 N–H and O–H groups in total. The SMILES string of the molecule is CCC(C)N(Cc1ccccc1)C(=O)CCCCCN. The maximum Gasteiger partial charge on any atom is 0.223 e. The molecular formula is C17H28N2O. The molecule has 1 unspecified atom stereocenters. The van der Waals surface area contributed by atoms with Crippen LogP contribution in [0.4, 0.5) is 0 Å². The molecule has 0 heterocycles. The first kappa shape index (κ1) is 16.7. The fourth-order valence-electron chi connectivity index (χ4n) is 2.23. The van der Waals surface area contributed by atoms with Crippen molar-refractivity contribution in [3.8, 4) is 0 Å². The van der Waals surface area contributed by atoms with Crippen molar-refractivity contribution in [1.82, 2.24) is 4.90 Å². The van der Waals surface area contributed by atoms with E-state index in [1.54, 1.807) is 0 Å². The predicted octanol–water partition coefficient (Wildman–Crippen LogP) is 3.33. The summed E-state index contributed by atoms with van der Waals surface area (Å²) < 4.78 is 0. The van der Waals surface area contributed by atoms with Crippen molar-refractivity contribution in [3.63, 3.8) is 0 Å². The van der Waals surface area contributed by atoms with E-state index in [1.165, 1.54) is 5.56 Å². The van der Waals surface area contributed by atoms with Crippen molar-refractivity contribution in [1.29, 1.82) is 0 Å². The topological polar surface area (TPSA) is 46.3 Å². The van der Waals surface area contributed by atoms with Gasteiger partial charge in [0.15, 0.2) is 0 Å². The Morgan fingerprint density at radius 3 is 2.50 bits per heavy atom. The van der Waals surface area contributed by atoms with Crippen LogP contribution in [0.15, 0.2) is 30.3 Å². The van der Waals surface area contributed by atoms with E-state index in [1.807, 2.05) is 23.1 Å². The van der Waals surface area contributed by atoms with E-state index in [9.17, 15) is 4.79 Å². The van der Waals surface area contributed by atoms with Crippen LogP contribution in [0.3, 0.4) is 0 Å². The van der Waals surface area contributed by atoms with E-state index < -0.39 is 0 Å². The van der Waals surface area contributed by atoms with E-state index >= 15 is 0 Å². The summed E-state index contributed by atoms with van der Waals surface area (Å²) in [6.45, 7) is 5.68. The Morgan fingerprint density at radius 1 is 1.20 bits per heavy atom. The molecule has 0 aromatic heterocycles. The lowest BCUT2D eigenvalue weighted by atomic mass is 10.1. The van der Waals surface area contributed by atoms with Crippen LogP contribution in [-0.2, 0) is 11.3 Å². The molecule has 1 atom stereocenters. The largest absolute Gasteiger partial charge is 0.336 e. The summed E-state index contributed by atoms with van der Waals surface area (Å²) in [6, 6.07) is 10.5. The molecule has 1 aromatic carbocycles. The highest BCUT2D eigenvalue weighted by atomic mass is 16.2. The summed E-state index contributed by atoms with van der Waals surface area (Å²) in [4.78, 5) is 14.4. The zero-order chi connectivity index (χ0) is 14.8. The Kier molecular flexibility index (Phi) is 7.97. The zero-order valence-electron chi connectivity index (χ0n) is 12.8. The number of nitrogens with zero attached hydrogens (tertiary/aromatic N) is 1. The van der Waals surface area contributed by atoms with Gasteiger partial charge in [-0.1, -0.05) is 43.7 Å². The van der Waals surface area contributed by atoms with Crippen LogP contribution in [-0.4, -0.2) is 23.4 Å². The van der Waals surface area contributed by atoms with Crippen LogP contribution in [0.25, 0.3) is 0 Å². The standard InChI is InChI=1S/C17H28N2O/c1-3-15(2)19(14-16-10-6-4-7-11-16)17(20)12-8-5-9-13-18/h4,6-7,10-11,15H,3,5,8-9,12-14,18H2,1-2H3. The Labute approximate surface area is 123 Å². The quantitative estimate of drug-likeness (QED) is 0.703. The highest BCUT2D eigenvalue weighted by Crippen LogP contribution is 2.14. The summed E-state index contributed by atoms with van der Waals surface area (Å²) >= 11 is 0. The maximum atomic E-state index is 12.4. The van der Waals surface area contributed by atoms with E-state index in [-0.39, 0.29) is 11.9 Å². The summed E-state index contributed by atoms with van der Waals surface area (Å²) in [5.41, 5.74) is 6.68. The van der Waals surface area contributed by atoms with E-state index in [0.717, 1.165) is 25.7 Å². The van der Waals surface area contributed by atoms with Gasteiger partial charge < -0.3 is 10.6 Å². The van der Waals surface area contributed by atoms with Gasteiger partial charge in [0.2, 0.25) is 5.91 Å². The van der Waals surface area contributed by atoms with Crippen LogP contribution in [0.1, 0.15) is 51.5 Å². The van der Waals surface area contributed by atoms with Crippen LogP contribution < -0.4 is 5.73 Å². The van der Waals surface area contributed by atoms with Gasteiger partial charge in [0.25, 0.3) is 0 Å². The summed E-state index contributed by atoms with van der Waals surface area (Å²) in [5, 5.41) is 0. The molecular weight excluding hydrogens is 248 g/mol. The maximum absolute atomic E-state index is 12.4. The van der Waals surface area contributed by atoms with Gasteiger partial charge >= 0.3 is 0 Å². The molecule has 3 nitrogen and oxygen atoms in total. The zero-order valence-corrected chi connectivity index (χ0v) is 12.8. The van der Waals surface area contributed by atoms with Gasteiger partial charge in [0.05, 0.1) is 0 Å². The fourth-order valence-corrected chi connectivity index (χ4v) is 2.23. The van der Waals surface area contributed by atoms with Gasteiger partial charge in [-0.05, 0) is 38.3 Å². The molecule has 0 radical (unpaired) electrons. The minimum atomic E-state index is 0.264. The molecule has 0 bridgehead atoms. The van der Waals surface area contributed by atoms with Gasteiger partial charge in [0, 0.05) is 19.0 Å².